The molecule has 2 N–H and O–H groups in total. The number of nitrogens with zero attached hydrogens (tertiary/aromatic N) is 3. The lowest BCUT2D eigenvalue weighted by Crippen LogP contribution is -2.57. The number of imide groups is 1. The quantitative estimate of drug-likeness (QED) is 0.440. The topological polar surface area (TPSA) is 140 Å². The number of hydrogen-bond donors (Lipinski definition) is 2. The molecule has 0 spiro atoms. The number of urea groups is 1. The summed E-state index contributed by atoms with van der Waals surface area (Å²) in [6, 6.07) is 5.44. The van der Waals surface area contributed by atoms with Crippen LogP contribution >= 0.6 is 11.8 Å². The van der Waals surface area contributed by atoms with Crippen LogP contribution in [0.3, 0.4) is 0 Å². The second-order valence-electron chi connectivity index (χ2n) is 5.74. The number of nitro benzene ring substituents is 1. The van der Waals surface area contributed by atoms with Gasteiger partial charge in [-0.1, -0.05) is 23.9 Å². The number of nitro groups is 1. The molecule has 10 nitrogen and oxygen atoms in total. The standard InChI is InChI=1S/C15H15N5O5S/c1-8-11(13(21)17-14(22)16-8)6-12-18-19-15(25-12)26-7-9-3-2-4-10(5-9)20(23)24/h2-5,8,11H,6-7H2,1H3,(H2,16,17,21,22). The maximum atomic E-state index is 11.9. The molecule has 1 aromatic carbocycles. The van der Waals surface area contributed by atoms with Gasteiger partial charge in [-0.3, -0.25) is 20.2 Å². The largest absolute Gasteiger partial charge is 0.416 e. The molecular formula is C15H15N5O5S. The van der Waals surface area contributed by atoms with Gasteiger partial charge < -0.3 is 9.73 Å². The average molecular weight is 377 g/mol. The van der Waals surface area contributed by atoms with Gasteiger partial charge in [-0.05, 0) is 12.5 Å². The maximum absolute atomic E-state index is 11.9. The van der Waals surface area contributed by atoms with E-state index in [1.54, 1.807) is 19.1 Å². The Morgan fingerprint density at radius 2 is 2.15 bits per heavy atom. The molecule has 2 atom stereocenters. The zero-order valence-electron chi connectivity index (χ0n) is 13.7. The van der Waals surface area contributed by atoms with E-state index in [4.69, 9.17) is 4.42 Å². The fraction of sp³-hybridized carbons (Fsp3) is 0.333. The fourth-order valence-electron chi connectivity index (χ4n) is 2.52. The number of thioether (sulfide) groups is 1. The van der Waals surface area contributed by atoms with Crippen molar-refractivity contribution in [3.63, 3.8) is 0 Å². The number of benzene rings is 1. The van der Waals surface area contributed by atoms with Crippen LogP contribution in [0, 0.1) is 16.0 Å². The first-order valence-corrected chi connectivity index (χ1v) is 8.71. The van der Waals surface area contributed by atoms with Crippen molar-refractivity contribution in [2.75, 3.05) is 0 Å². The van der Waals surface area contributed by atoms with Crippen molar-refractivity contribution >= 4 is 29.4 Å². The summed E-state index contributed by atoms with van der Waals surface area (Å²) < 4.78 is 5.52. The van der Waals surface area contributed by atoms with Crippen molar-refractivity contribution in [1.82, 2.24) is 20.8 Å². The highest BCUT2D eigenvalue weighted by atomic mass is 32.2. The van der Waals surface area contributed by atoms with Gasteiger partial charge >= 0.3 is 6.03 Å². The van der Waals surface area contributed by atoms with Crippen molar-refractivity contribution in [3.05, 3.63) is 45.8 Å². The molecule has 2 aromatic rings. The normalized spacial score (nSPS) is 19.7. The van der Waals surface area contributed by atoms with Crippen LogP contribution in [0.15, 0.2) is 33.9 Å². The summed E-state index contributed by atoms with van der Waals surface area (Å²) in [6.45, 7) is 1.73. The SMILES string of the molecule is CC1NC(=O)NC(=O)C1Cc1nnc(SCc2cccc([N+](=O)[O-])c2)o1. The number of amides is 3. The summed E-state index contributed by atoms with van der Waals surface area (Å²) in [4.78, 5) is 33.5. The summed E-state index contributed by atoms with van der Waals surface area (Å²) in [6.07, 6.45) is 0.206. The van der Waals surface area contributed by atoms with E-state index in [1.165, 1.54) is 23.9 Å². The van der Waals surface area contributed by atoms with Crippen LogP contribution in [0.2, 0.25) is 0 Å². The summed E-state index contributed by atoms with van der Waals surface area (Å²) in [5, 5.41) is 23.8. The highest BCUT2D eigenvalue weighted by Crippen LogP contribution is 2.24. The Morgan fingerprint density at radius 3 is 2.88 bits per heavy atom. The van der Waals surface area contributed by atoms with Crippen molar-refractivity contribution in [1.29, 1.82) is 0 Å². The van der Waals surface area contributed by atoms with E-state index < -0.39 is 16.9 Å². The summed E-state index contributed by atoms with van der Waals surface area (Å²) >= 11 is 1.25. The van der Waals surface area contributed by atoms with Crippen LogP contribution in [0.5, 0.6) is 0 Å². The predicted octanol–water partition coefficient (Wildman–Crippen LogP) is 1.66. The van der Waals surface area contributed by atoms with E-state index in [1.807, 2.05) is 0 Å². The summed E-state index contributed by atoms with van der Waals surface area (Å²) in [5.41, 5.74) is 0.778. The summed E-state index contributed by atoms with van der Waals surface area (Å²) in [5.74, 6) is -0.164. The van der Waals surface area contributed by atoms with E-state index in [-0.39, 0.29) is 29.9 Å². The molecule has 26 heavy (non-hydrogen) atoms. The molecule has 0 radical (unpaired) electrons. The summed E-state index contributed by atoms with van der Waals surface area (Å²) in [7, 11) is 0. The number of rotatable bonds is 6. The molecular weight excluding hydrogens is 362 g/mol. The van der Waals surface area contributed by atoms with Gasteiger partial charge in [0, 0.05) is 30.3 Å². The van der Waals surface area contributed by atoms with Crippen molar-refractivity contribution in [2.45, 2.75) is 30.4 Å². The van der Waals surface area contributed by atoms with E-state index in [2.05, 4.69) is 20.8 Å². The van der Waals surface area contributed by atoms with E-state index in [9.17, 15) is 19.7 Å². The van der Waals surface area contributed by atoms with Crippen LogP contribution in [0.1, 0.15) is 18.4 Å². The van der Waals surface area contributed by atoms with Crippen molar-refractivity contribution < 1.29 is 18.9 Å². The Balaban J connectivity index is 1.60. The van der Waals surface area contributed by atoms with E-state index in [0.717, 1.165) is 5.56 Å². The Morgan fingerprint density at radius 1 is 1.35 bits per heavy atom. The van der Waals surface area contributed by atoms with Gasteiger partial charge in [0.2, 0.25) is 11.8 Å². The molecule has 3 rings (SSSR count). The second-order valence-corrected chi connectivity index (χ2v) is 6.67. The van der Waals surface area contributed by atoms with Crippen molar-refractivity contribution in [2.24, 2.45) is 5.92 Å². The lowest BCUT2D eigenvalue weighted by Gasteiger charge is -2.27. The number of aromatic nitrogens is 2. The zero-order valence-corrected chi connectivity index (χ0v) is 14.5. The molecule has 2 unspecified atom stereocenters. The highest BCUT2D eigenvalue weighted by Gasteiger charge is 2.34. The first-order valence-electron chi connectivity index (χ1n) is 7.72. The molecule has 1 aliphatic heterocycles. The third-order valence-electron chi connectivity index (χ3n) is 3.86. The molecule has 2 heterocycles. The van der Waals surface area contributed by atoms with Gasteiger partial charge in [-0.15, -0.1) is 10.2 Å². The van der Waals surface area contributed by atoms with Crippen LogP contribution in [-0.4, -0.2) is 33.1 Å². The van der Waals surface area contributed by atoms with Gasteiger partial charge in [-0.2, -0.15) is 0 Å². The van der Waals surface area contributed by atoms with Gasteiger partial charge in [0.05, 0.1) is 10.8 Å². The molecule has 0 saturated carbocycles. The number of carbonyl (C=O) groups is 2. The van der Waals surface area contributed by atoms with Crippen LogP contribution in [0.4, 0.5) is 10.5 Å². The second kappa shape index (κ2) is 7.52. The zero-order chi connectivity index (χ0) is 18.7. The molecule has 1 aromatic heterocycles. The average Bonchev–Trinajstić information content (AvgIpc) is 3.04. The molecule has 11 heteroatoms. The van der Waals surface area contributed by atoms with Gasteiger partial charge in [0.15, 0.2) is 0 Å². The Bertz CT molecular complexity index is 854. The third kappa shape index (κ3) is 4.17. The van der Waals surface area contributed by atoms with Crippen LogP contribution in [-0.2, 0) is 17.0 Å². The molecule has 0 aliphatic carbocycles. The Labute approximate surface area is 151 Å². The van der Waals surface area contributed by atoms with Crippen LogP contribution < -0.4 is 10.6 Å². The smallest absolute Gasteiger partial charge is 0.321 e. The highest BCUT2D eigenvalue weighted by molar-refractivity contribution is 7.98. The number of carbonyl (C=O) groups excluding carboxylic acids is 2. The monoisotopic (exact) mass is 377 g/mol. The van der Waals surface area contributed by atoms with E-state index >= 15 is 0 Å². The predicted molar refractivity (Wildman–Crippen MR) is 90.3 cm³/mol. The van der Waals surface area contributed by atoms with E-state index in [0.29, 0.717) is 11.0 Å². The lowest BCUT2D eigenvalue weighted by molar-refractivity contribution is -0.384. The van der Waals surface area contributed by atoms with Gasteiger partial charge in [0.1, 0.15) is 0 Å². The molecule has 1 fully saturated rings. The molecule has 1 aliphatic rings. The fourth-order valence-corrected chi connectivity index (χ4v) is 3.24. The van der Waals surface area contributed by atoms with Gasteiger partial charge in [0.25, 0.3) is 10.9 Å². The Kier molecular flexibility index (Phi) is 5.16. The minimum absolute atomic E-state index is 0.0219. The first kappa shape index (κ1) is 17.9. The van der Waals surface area contributed by atoms with Gasteiger partial charge in [-0.25, -0.2) is 4.79 Å². The molecule has 1 saturated heterocycles. The Hall–Kier alpha value is -2.95. The van der Waals surface area contributed by atoms with Crippen LogP contribution in [0.25, 0.3) is 0 Å². The minimum atomic E-state index is -0.516. The molecule has 0 bridgehead atoms. The molecule has 136 valence electrons. The number of nitrogens with one attached hydrogen (secondary N) is 2. The number of hydrogen-bond acceptors (Lipinski definition) is 8. The minimum Gasteiger partial charge on any atom is -0.416 e. The lowest BCUT2D eigenvalue weighted by atomic mass is 9.95. The van der Waals surface area contributed by atoms with Crippen molar-refractivity contribution in [3.8, 4) is 0 Å². The third-order valence-corrected chi connectivity index (χ3v) is 4.75. The maximum Gasteiger partial charge on any atom is 0.321 e. The number of non-ortho nitro benzene ring substituents is 1. The first-order chi connectivity index (χ1) is 12.4. The molecule has 3 amide bonds.